The summed E-state index contributed by atoms with van der Waals surface area (Å²) in [6.07, 6.45) is 5.56. The van der Waals surface area contributed by atoms with Gasteiger partial charge in [0, 0.05) is 0 Å². The zero-order valence-corrected chi connectivity index (χ0v) is 6.36. The highest BCUT2D eigenvalue weighted by Crippen LogP contribution is 2.24. The fraction of sp³-hybridized carbons (Fsp3) is 0.444. The van der Waals surface area contributed by atoms with E-state index in [2.05, 4.69) is 32.9 Å². The van der Waals surface area contributed by atoms with Gasteiger partial charge in [-0.3, -0.25) is 0 Å². The lowest BCUT2D eigenvalue weighted by molar-refractivity contribution is 1.04. The van der Waals surface area contributed by atoms with Gasteiger partial charge in [-0.15, -0.1) is 6.42 Å². The zero-order chi connectivity index (χ0) is 6.85. The molecule has 0 radical (unpaired) electrons. The summed E-state index contributed by atoms with van der Waals surface area (Å²) in [6.45, 7) is 6.55. The quantitative estimate of drug-likeness (QED) is 0.432. The van der Waals surface area contributed by atoms with Crippen molar-refractivity contribution >= 4 is 0 Å². The van der Waals surface area contributed by atoms with Gasteiger partial charge >= 0.3 is 0 Å². The monoisotopic (exact) mass is 121 g/mol. The second kappa shape index (κ2) is 2.30. The van der Waals surface area contributed by atoms with Crippen LogP contribution >= 0.6 is 0 Å². The van der Waals surface area contributed by atoms with Crippen LogP contribution in [0.5, 0.6) is 0 Å². The third kappa shape index (κ3) is 1.18. The molecule has 0 aliphatic heterocycles. The van der Waals surface area contributed by atoms with Gasteiger partial charge in [-0.1, -0.05) is 20.8 Å². The highest BCUT2D eigenvalue weighted by Gasteiger charge is 1.96. The summed E-state index contributed by atoms with van der Waals surface area (Å²) >= 11 is 0. The fourth-order valence-electron chi connectivity index (χ4n) is 1.03. The minimum atomic E-state index is 1.14. The molecule has 0 nitrogen and oxygen atoms in total. The van der Waals surface area contributed by atoms with E-state index < -0.39 is 0 Å². The molecule has 0 N–H and O–H groups in total. The first-order chi connectivity index (χ1) is 4.22. The van der Waals surface area contributed by atoms with Crippen molar-refractivity contribution < 1.29 is 0 Å². The third-order valence-electron chi connectivity index (χ3n) is 2.02. The van der Waals surface area contributed by atoms with Crippen molar-refractivity contribution in [2.75, 3.05) is 0 Å². The Morgan fingerprint density at radius 3 is 2.56 bits per heavy atom. The second-order valence-corrected chi connectivity index (χ2v) is 2.69. The number of allylic oxidation sites excluding steroid dienone is 4. The predicted molar refractivity (Wildman–Crippen MR) is 41.0 cm³/mol. The Balaban J connectivity index is 2.79. The molecule has 1 rings (SSSR count). The van der Waals surface area contributed by atoms with E-state index in [1.54, 1.807) is 0 Å². The fourth-order valence-corrected chi connectivity index (χ4v) is 1.03. The first kappa shape index (κ1) is 6.47. The standard InChI is InChI=1S/C9H13/c1-7-5-4-6-8(2)9(7)3/h4-5H,6H2,1-3H3/q-1. The van der Waals surface area contributed by atoms with Crippen molar-refractivity contribution in [1.82, 2.24) is 0 Å². The Morgan fingerprint density at radius 1 is 1.44 bits per heavy atom. The Morgan fingerprint density at radius 2 is 2.11 bits per heavy atom. The minimum absolute atomic E-state index is 1.14. The van der Waals surface area contributed by atoms with Gasteiger partial charge in [0.2, 0.25) is 0 Å². The summed E-state index contributed by atoms with van der Waals surface area (Å²) < 4.78 is 0. The molecule has 0 atom stereocenters. The van der Waals surface area contributed by atoms with Crippen LogP contribution in [0, 0.1) is 5.92 Å². The molecule has 0 amide bonds. The summed E-state index contributed by atoms with van der Waals surface area (Å²) in [5, 5.41) is 0. The lowest BCUT2D eigenvalue weighted by Gasteiger charge is -2.25. The van der Waals surface area contributed by atoms with Crippen LogP contribution in [0.15, 0.2) is 23.3 Å². The topological polar surface area (TPSA) is 0 Å². The maximum absolute atomic E-state index is 2.22. The van der Waals surface area contributed by atoms with Crippen LogP contribution in [-0.4, -0.2) is 0 Å². The van der Waals surface area contributed by atoms with Gasteiger partial charge in [0.05, 0.1) is 0 Å². The SMILES string of the molecule is CC1=C(C)[C-](C)C=CC1. The van der Waals surface area contributed by atoms with Gasteiger partial charge in [-0.25, -0.2) is 0 Å². The van der Waals surface area contributed by atoms with E-state index in [0.717, 1.165) is 6.42 Å². The third-order valence-corrected chi connectivity index (χ3v) is 2.02. The Bertz CT molecular complexity index is 161. The van der Waals surface area contributed by atoms with Crippen LogP contribution in [0.2, 0.25) is 0 Å². The van der Waals surface area contributed by atoms with Crippen LogP contribution in [-0.2, 0) is 0 Å². The Hall–Kier alpha value is -0.650. The van der Waals surface area contributed by atoms with E-state index >= 15 is 0 Å². The molecule has 0 aromatic heterocycles. The molecule has 0 heterocycles. The highest BCUT2D eigenvalue weighted by molar-refractivity contribution is 5.37. The largest absolute Gasteiger partial charge is 0.186 e. The predicted octanol–water partition coefficient (Wildman–Crippen LogP) is 2.88. The van der Waals surface area contributed by atoms with Crippen LogP contribution in [0.25, 0.3) is 0 Å². The van der Waals surface area contributed by atoms with E-state index in [-0.39, 0.29) is 0 Å². The summed E-state index contributed by atoms with van der Waals surface area (Å²) in [6, 6.07) is 0. The molecule has 1 aliphatic rings. The molecule has 9 heavy (non-hydrogen) atoms. The molecular weight excluding hydrogens is 108 g/mol. The van der Waals surface area contributed by atoms with E-state index in [1.807, 2.05) is 0 Å². The molecule has 0 saturated heterocycles. The van der Waals surface area contributed by atoms with Crippen molar-refractivity contribution in [3.8, 4) is 0 Å². The lowest BCUT2D eigenvalue weighted by Crippen LogP contribution is -1.96. The van der Waals surface area contributed by atoms with Crippen molar-refractivity contribution in [3.63, 3.8) is 0 Å². The number of hydrogen-bond acceptors (Lipinski definition) is 0. The van der Waals surface area contributed by atoms with Gasteiger partial charge in [0.1, 0.15) is 0 Å². The minimum Gasteiger partial charge on any atom is -0.186 e. The number of rotatable bonds is 0. The van der Waals surface area contributed by atoms with Crippen molar-refractivity contribution in [3.05, 3.63) is 29.2 Å². The molecule has 50 valence electrons. The van der Waals surface area contributed by atoms with Gasteiger partial charge < -0.3 is 0 Å². The molecule has 0 aromatic rings. The number of hydrogen-bond donors (Lipinski definition) is 0. The van der Waals surface area contributed by atoms with Crippen LogP contribution in [0.1, 0.15) is 27.2 Å². The maximum atomic E-state index is 2.22. The summed E-state index contributed by atoms with van der Waals surface area (Å²) in [4.78, 5) is 0. The highest BCUT2D eigenvalue weighted by atomic mass is 14.1. The van der Waals surface area contributed by atoms with E-state index in [1.165, 1.54) is 17.1 Å². The van der Waals surface area contributed by atoms with E-state index in [9.17, 15) is 0 Å². The van der Waals surface area contributed by atoms with Crippen LogP contribution < -0.4 is 0 Å². The van der Waals surface area contributed by atoms with Crippen molar-refractivity contribution in [2.45, 2.75) is 27.2 Å². The van der Waals surface area contributed by atoms with E-state index in [0.29, 0.717) is 0 Å². The molecule has 0 spiro atoms. The normalized spacial score (nSPS) is 19.2. The first-order valence-corrected chi connectivity index (χ1v) is 3.38. The average molecular weight is 121 g/mol. The van der Waals surface area contributed by atoms with Crippen LogP contribution in [0.3, 0.4) is 0 Å². The summed E-state index contributed by atoms with van der Waals surface area (Å²) in [7, 11) is 0. The van der Waals surface area contributed by atoms with Gasteiger partial charge in [-0.05, 0) is 0 Å². The summed E-state index contributed by atoms with van der Waals surface area (Å²) in [5.74, 6) is 1.42. The Kier molecular flexibility index (Phi) is 1.65. The molecule has 0 saturated carbocycles. The lowest BCUT2D eigenvalue weighted by atomic mass is 9.91. The molecule has 0 heteroatoms. The van der Waals surface area contributed by atoms with Crippen molar-refractivity contribution in [2.24, 2.45) is 0 Å². The average Bonchev–Trinajstić information content (AvgIpc) is 1.83. The second-order valence-electron chi connectivity index (χ2n) is 2.69. The first-order valence-electron chi connectivity index (χ1n) is 3.38. The zero-order valence-electron chi connectivity index (χ0n) is 6.36. The molecule has 0 fully saturated rings. The summed E-state index contributed by atoms with van der Waals surface area (Å²) in [5.41, 5.74) is 2.98. The molecular formula is C9H13-. The van der Waals surface area contributed by atoms with Crippen LogP contribution in [0.4, 0.5) is 0 Å². The molecule has 0 bridgehead atoms. The molecule has 1 aliphatic carbocycles. The van der Waals surface area contributed by atoms with Gasteiger partial charge in [0.15, 0.2) is 0 Å². The van der Waals surface area contributed by atoms with Gasteiger partial charge in [-0.2, -0.15) is 29.2 Å². The van der Waals surface area contributed by atoms with Gasteiger partial charge in [0.25, 0.3) is 0 Å². The molecule has 0 unspecified atom stereocenters. The van der Waals surface area contributed by atoms with Crippen molar-refractivity contribution in [1.29, 1.82) is 0 Å². The Labute approximate surface area is 57.3 Å². The smallest absolute Gasteiger partial charge is 0.0623 e. The molecule has 0 aromatic carbocycles. The van der Waals surface area contributed by atoms with E-state index in [4.69, 9.17) is 0 Å². The maximum Gasteiger partial charge on any atom is -0.0623 e.